The summed E-state index contributed by atoms with van der Waals surface area (Å²) in [7, 11) is 0. The third-order valence-electron chi connectivity index (χ3n) is 8.38. The van der Waals surface area contributed by atoms with Gasteiger partial charge in [0.25, 0.3) is 11.8 Å². The molecule has 13 heteroatoms. The summed E-state index contributed by atoms with van der Waals surface area (Å²) in [6, 6.07) is 15.7. The van der Waals surface area contributed by atoms with Crippen LogP contribution < -0.4 is 10.2 Å². The van der Waals surface area contributed by atoms with Crippen LogP contribution in [0.3, 0.4) is 0 Å². The zero-order valence-electron chi connectivity index (χ0n) is 27.4. The fourth-order valence-corrected chi connectivity index (χ4v) is 8.14. The summed E-state index contributed by atoms with van der Waals surface area (Å²) in [4.78, 5) is 63.5. The Balaban J connectivity index is 1.26. The molecule has 2 aromatic carbocycles. The minimum Gasteiger partial charge on any atom is -0.445 e. The number of nitrogens with one attached hydrogen (secondary N) is 1. The van der Waals surface area contributed by atoms with Crippen LogP contribution in [-0.2, 0) is 20.9 Å². The van der Waals surface area contributed by atoms with Crippen molar-refractivity contribution in [2.75, 3.05) is 23.7 Å². The highest BCUT2D eigenvalue weighted by Crippen LogP contribution is 2.41. The molecule has 48 heavy (non-hydrogen) atoms. The molecular weight excluding hydrogens is 651 g/mol. The summed E-state index contributed by atoms with van der Waals surface area (Å²) in [6.07, 6.45) is 4.15. The molecule has 3 fully saturated rings. The van der Waals surface area contributed by atoms with E-state index in [4.69, 9.17) is 9.47 Å². The van der Waals surface area contributed by atoms with E-state index in [2.05, 4.69) is 10.3 Å². The highest BCUT2D eigenvalue weighted by molar-refractivity contribution is 8.00. The Morgan fingerprint density at radius 3 is 2.42 bits per heavy atom. The molecule has 0 bridgehead atoms. The molecule has 1 aliphatic carbocycles. The minimum atomic E-state index is -0.859. The smallest absolute Gasteiger partial charge is 0.411 e. The SMILES string of the molecule is CC(C)(C)OC(=O)N1CCCC(C2SCC(C(=O)N(c3ccc(C(=O)NC4CC4)cc3)c3nccs3)N2C(=O)OCc2ccccc2)C1. The average Bonchev–Trinajstić information content (AvgIpc) is 3.52. The molecule has 2 saturated heterocycles. The number of likely N-dealkylation sites (tertiary alicyclic amines) is 1. The van der Waals surface area contributed by atoms with Gasteiger partial charge in [-0.2, -0.15) is 0 Å². The maximum absolute atomic E-state index is 14.6. The third-order valence-corrected chi connectivity index (χ3v) is 10.6. The van der Waals surface area contributed by atoms with Gasteiger partial charge in [-0.1, -0.05) is 30.3 Å². The highest BCUT2D eigenvalue weighted by Gasteiger charge is 2.49. The summed E-state index contributed by atoms with van der Waals surface area (Å²) < 4.78 is 11.5. The molecule has 0 radical (unpaired) electrons. The molecule has 1 N–H and O–H groups in total. The number of nitrogens with zero attached hydrogens (tertiary/aromatic N) is 4. The molecule has 6 rings (SSSR count). The van der Waals surface area contributed by atoms with Crippen LogP contribution in [0.2, 0.25) is 0 Å². The van der Waals surface area contributed by atoms with Gasteiger partial charge in [0.05, 0.1) is 11.1 Å². The summed E-state index contributed by atoms with van der Waals surface area (Å²) >= 11 is 2.84. The number of hydrogen-bond donors (Lipinski definition) is 1. The van der Waals surface area contributed by atoms with Crippen LogP contribution in [0.4, 0.5) is 20.4 Å². The third kappa shape index (κ3) is 8.12. The van der Waals surface area contributed by atoms with Gasteiger partial charge in [0.2, 0.25) is 0 Å². The van der Waals surface area contributed by atoms with Crippen LogP contribution in [-0.4, -0.2) is 80.7 Å². The van der Waals surface area contributed by atoms with Crippen LogP contribution in [0.25, 0.3) is 0 Å². The predicted octanol–water partition coefficient (Wildman–Crippen LogP) is 6.43. The molecule has 1 aromatic heterocycles. The Hall–Kier alpha value is -4.10. The van der Waals surface area contributed by atoms with Gasteiger partial charge >= 0.3 is 12.2 Å². The summed E-state index contributed by atoms with van der Waals surface area (Å²) in [6.45, 7) is 6.54. The number of ether oxygens (including phenoxy) is 2. The lowest BCUT2D eigenvalue weighted by molar-refractivity contribution is -0.122. The second kappa shape index (κ2) is 14.6. The standard InChI is InChI=1S/C35H41N5O6S2/c1-35(2,3)46-33(43)38-18-7-10-25(20-38)31-40(34(44)45-21-23-8-5-4-6-9-23)28(22-48-31)30(42)39(32-36-17-19-47-32)27-15-11-24(12-16-27)29(41)37-26-13-14-26/h4-6,8-9,11-12,15-17,19,25-26,28,31H,7,10,13-14,18,20-22H2,1-3H3,(H,37,41). The molecule has 3 heterocycles. The normalized spacial score (nSPS) is 21.0. The molecule has 4 amide bonds. The number of carbonyl (C=O) groups is 4. The number of carbonyl (C=O) groups excluding carboxylic acids is 4. The van der Waals surface area contributed by atoms with Crippen molar-refractivity contribution in [3.05, 3.63) is 77.3 Å². The van der Waals surface area contributed by atoms with Crippen molar-refractivity contribution in [2.45, 2.75) is 76.1 Å². The van der Waals surface area contributed by atoms with Crippen LogP contribution in [0.1, 0.15) is 62.4 Å². The largest absolute Gasteiger partial charge is 0.445 e. The van der Waals surface area contributed by atoms with Crippen LogP contribution in [0.15, 0.2) is 66.2 Å². The first kappa shape index (κ1) is 33.8. The monoisotopic (exact) mass is 691 g/mol. The predicted molar refractivity (Wildman–Crippen MR) is 185 cm³/mol. The van der Waals surface area contributed by atoms with Crippen molar-refractivity contribution >= 4 is 57.9 Å². The molecule has 3 aliphatic rings. The maximum atomic E-state index is 14.6. The number of anilines is 2. The van der Waals surface area contributed by atoms with E-state index in [0.29, 0.717) is 35.2 Å². The Kier molecular flexibility index (Phi) is 10.3. The Bertz CT molecular complexity index is 1590. The number of rotatable bonds is 8. The van der Waals surface area contributed by atoms with Gasteiger partial charge in [-0.3, -0.25) is 19.4 Å². The first-order valence-electron chi connectivity index (χ1n) is 16.3. The van der Waals surface area contributed by atoms with Crippen LogP contribution >= 0.6 is 23.1 Å². The highest BCUT2D eigenvalue weighted by atomic mass is 32.2. The van der Waals surface area contributed by atoms with Gasteiger partial charge in [0, 0.05) is 47.9 Å². The second-order valence-electron chi connectivity index (χ2n) is 13.3. The van der Waals surface area contributed by atoms with Crippen molar-refractivity contribution in [3.63, 3.8) is 0 Å². The van der Waals surface area contributed by atoms with E-state index in [0.717, 1.165) is 31.2 Å². The molecule has 0 spiro atoms. The molecule has 3 unspecified atom stereocenters. The molecule has 3 atom stereocenters. The van der Waals surface area contributed by atoms with Gasteiger partial charge < -0.3 is 19.7 Å². The number of benzene rings is 2. The second-order valence-corrected chi connectivity index (χ2v) is 15.3. The Morgan fingerprint density at radius 2 is 1.75 bits per heavy atom. The summed E-state index contributed by atoms with van der Waals surface area (Å²) in [5, 5.41) is 4.83. The molecular formula is C35H41N5O6S2. The van der Waals surface area contributed by atoms with E-state index >= 15 is 0 Å². The van der Waals surface area contributed by atoms with Gasteiger partial charge in [-0.25, -0.2) is 14.6 Å². The molecule has 11 nitrogen and oxygen atoms in total. The number of thiazole rings is 1. The van der Waals surface area contributed by atoms with Gasteiger partial charge in [0.1, 0.15) is 18.2 Å². The van der Waals surface area contributed by atoms with E-state index in [1.165, 1.54) is 28.0 Å². The van der Waals surface area contributed by atoms with E-state index in [1.54, 1.807) is 45.6 Å². The van der Waals surface area contributed by atoms with E-state index in [-0.39, 0.29) is 36.5 Å². The van der Waals surface area contributed by atoms with Crippen LogP contribution in [0.5, 0.6) is 0 Å². The van der Waals surface area contributed by atoms with Crippen molar-refractivity contribution in [3.8, 4) is 0 Å². The minimum absolute atomic E-state index is 0.0593. The Labute approximate surface area is 289 Å². The fraction of sp³-hybridized carbons (Fsp3) is 0.457. The zero-order valence-corrected chi connectivity index (χ0v) is 29.0. The fourth-order valence-electron chi connectivity index (χ4n) is 5.91. The van der Waals surface area contributed by atoms with E-state index in [9.17, 15) is 19.2 Å². The van der Waals surface area contributed by atoms with E-state index < -0.39 is 23.1 Å². The number of piperidine rings is 1. The maximum Gasteiger partial charge on any atom is 0.411 e. The first-order chi connectivity index (χ1) is 23.1. The molecule has 3 aromatic rings. The lowest BCUT2D eigenvalue weighted by atomic mass is 9.96. The summed E-state index contributed by atoms with van der Waals surface area (Å²) in [5.41, 5.74) is 1.25. The quantitative estimate of drug-likeness (QED) is 0.287. The number of aromatic nitrogens is 1. The van der Waals surface area contributed by atoms with Gasteiger partial charge in [0.15, 0.2) is 5.13 Å². The number of hydrogen-bond acceptors (Lipinski definition) is 9. The molecule has 1 saturated carbocycles. The number of amides is 4. The lowest BCUT2D eigenvalue weighted by Crippen LogP contribution is -2.54. The molecule has 2 aliphatic heterocycles. The first-order valence-corrected chi connectivity index (χ1v) is 18.2. The van der Waals surface area contributed by atoms with Crippen molar-refractivity contribution in [2.24, 2.45) is 5.92 Å². The van der Waals surface area contributed by atoms with Gasteiger partial charge in [-0.15, -0.1) is 23.1 Å². The van der Waals surface area contributed by atoms with Crippen LogP contribution in [0, 0.1) is 5.92 Å². The number of thioether (sulfide) groups is 1. The lowest BCUT2D eigenvalue weighted by Gasteiger charge is -2.39. The average molecular weight is 692 g/mol. The van der Waals surface area contributed by atoms with Gasteiger partial charge in [-0.05, 0) is 76.3 Å². The topological polar surface area (TPSA) is 121 Å². The van der Waals surface area contributed by atoms with Crippen molar-refractivity contribution in [1.82, 2.24) is 20.1 Å². The van der Waals surface area contributed by atoms with Crippen molar-refractivity contribution in [1.29, 1.82) is 0 Å². The zero-order chi connectivity index (χ0) is 33.8. The summed E-state index contributed by atoms with van der Waals surface area (Å²) in [5.74, 6) is -0.231. The Morgan fingerprint density at radius 1 is 1.00 bits per heavy atom. The van der Waals surface area contributed by atoms with Crippen molar-refractivity contribution < 1.29 is 28.7 Å². The van der Waals surface area contributed by atoms with E-state index in [1.807, 2.05) is 51.1 Å². The molecule has 254 valence electrons.